The zero-order chi connectivity index (χ0) is 21.1. The van der Waals surface area contributed by atoms with Gasteiger partial charge in [0, 0.05) is 63.1 Å². The first-order chi connectivity index (χ1) is 14.5. The van der Waals surface area contributed by atoms with E-state index in [1.54, 1.807) is 0 Å². The molecule has 2 atom stereocenters. The van der Waals surface area contributed by atoms with E-state index in [0.29, 0.717) is 6.61 Å². The molecule has 7 nitrogen and oxygen atoms in total. The molecule has 2 aliphatic heterocycles. The zero-order valence-corrected chi connectivity index (χ0v) is 18.4. The van der Waals surface area contributed by atoms with E-state index in [-0.39, 0.29) is 11.9 Å². The molecule has 0 N–H and O–H groups in total. The van der Waals surface area contributed by atoms with Crippen molar-refractivity contribution >= 4 is 5.97 Å². The summed E-state index contributed by atoms with van der Waals surface area (Å²) in [5, 5.41) is 4.30. The number of ether oxygens (including phenoxy) is 1. The maximum absolute atomic E-state index is 13.2. The number of hydrogen-bond donors (Lipinski definition) is 0. The van der Waals surface area contributed by atoms with E-state index in [0.717, 1.165) is 63.5 Å². The number of nitrogens with zero attached hydrogens (tertiary/aromatic N) is 5. The molecule has 2 saturated heterocycles. The smallest absolute Gasteiger partial charge is 0.313 e. The van der Waals surface area contributed by atoms with Crippen molar-refractivity contribution < 1.29 is 9.53 Å². The van der Waals surface area contributed by atoms with Gasteiger partial charge in [-0.3, -0.25) is 24.3 Å². The number of fused-ring (bicyclic) bond motifs is 1. The zero-order valence-electron chi connectivity index (χ0n) is 18.4. The van der Waals surface area contributed by atoms with E-state index < -0.39 is 5.41 Å². The molecule has 0 bridgehead atoms. The van der Waals surface area contributed by atoms with Crippen LogP contribution in [0.25, 0.3) is 0 Å². The second-order valence-corrected chi connectivity index (χ2v) is 8.87. The second-order valence-electron chi connectivity index (χ2n) is 8.87. The SMILES string of the molecule is CCOC(=O)[C@]12CCCN(Cc3cnn(C)c3)C[C@H]1CN(Cc1cccc(C)n1)C2. The molecular weight excluding hydrogens is 378 g/mol. The molecule has 7 heteroatoms. The molecule has 0 aromatic carbocycles. The van der Waals surface area contributed by atoms with Crippen LogP contribution in [0.3, 0.4) is 0 Å². The van der Waals surface area contributed by atoms with Crippen molar-refractivity contribution in [3.05, 3.63) is 47.5 Å². The molecule has 0 amide bonds. The third-order valence-electron chi connectivity index (χ3n) is 6.52. The lowest BCUT2D eigenvalue weighted by atomic mass is 9.75. The third kappa shape index (κ3) is 4.42. The van der Waals surface area contributed by atoms with Crippen LogP contribution in [0.1, 0.15) is 36.7 Å². The number of esters is 1. The average molecular weight is 412 g/mol. The van der Waals surface area contributed by atoms with Gasteiger partial charge in [0.25, 0.3) is 0 Å². The van der Waals surface area contributed by atoms with Gasteiger partial charge in [0.15, 0.2) is 0 Å². The number of pyridine rings is 1. The molecule has 0 spiro atoms. The number of aryl methyl sites for hydroxylation is 2. The van der Waals surface area contributed by atoms with Crippen molar-refractivity contribution in [1.29, 1.82) is 0 Å². The second kappa shape index (κ2) is 8.86. The maximum Gasteiger partial charge on any atom is 0.313 e. The summed E-state index contributed by atoms with van der Waals surface area (Å²) in [6.07, 6.45) is 5.91. The Morgan fingerprint density at radius 1 is 1.27 bits per heavy atom. The summed E-state index contributed by atoms with van der Waals surface area (Å²) in [6, 6.07) is 6.16. The van der Waals surface area contributed by atoms with E-state index in [4.69, 9.17) is 4.74 Å². The highest BCUT2D eigenvalue weighted by Gasteiger charge is 2.53. The summed E-state index contributed by atoms with van der Waals surface area (Å²) in [5.74, 6) is 0.249. The van der Waals surface area contributed by atoms with Gasteiger partial charge in [0.2, 0.25) is 0 Å². The van der Waals surface area contributed by atoms with E-state index in [2.05, 4.69) is 38.2 Å². The van der Waals surface area contributed by atoms with E-state index in [1.807, 2.05) is 37.8 Å². The minimum absolute atomic E-state index is 0.0158. The van der Waals surface area contributed by atoms with Crippen LogP contribution in [-0.4, -0.2) is 63.3 Å². The third-order valence-corrected chi connectivity index (χ3v) is 6.52. The van der Waals surface area contributed by atoms with Gasteiger partial charge in [0.05, 0.1) is 23.9 Å². The Labute approximate surface area is 179 Å². The molecule has 162 valence electrons. The van der Waals surface area contributed by atoms with Gasteiger partial charge in [-0.25, -0.2) is 0 Å². The number of aromatic nitrogens is 3. The summed E-state index contributed by atoms with van der Waals surface area (Å²) in [5.41, 5.74) is 2.91. The largest absolute Gasteiger partial charge is 0.466 e. The topological polar surface area (TPSA) is 63.5 Å². The van der Waals surface area contributed by atoms with Crippen molar-refractivity contribution in [1.82, 2.24) is 24.6 Å². The summed E-state index contributed by atoms with van der Waals surface area (Å²) >= 11 is 0. The van der Waals surface area contributed by atoms with Crippen LogP contribution in [0.2, 0.25) is 0 Å². The Balaban J connectivity index is 1.53. The molecule has 2 aromatic heterocycles. The summed E-state index contributed by atoms with van der Waals surface area (Å²) < 4.78 is 7.45. The van der Waals surface area contributed by atoms with E-state index in [9.17, 15) is 4.79 Å². The summed E-state index contributed by atoms with van der Waals surface area (Å²) in [7, 11) is 1.95. The molecule has 0 aliphatic carbocycles. The Morgan fingerprint density at radius 3 is 2.83 bits per heavy atom. The van der Waals surface area contributed by atoms with Crippen LogP contribution in [0.15, 0.2) is 30.6 Å². The summed E-state index contributed by atoms with van der Waals surface area (Å²) in [4.78, 5) is 22.7. The fourth-order valence-electron chi connectivity index (χ4n) is 5.22. The average Bonchev–Trinajstić information content (AvgIpc) is 3.21. The van der Waals surface area contributed by atoms with Crippen LogP contribution in [0.4, 0.5) is 0 Å². The van der Waals surface area contributed by atoms with Crippen LogP contribution < -0.4 is 0 Å². The molecule has 2 aliphatic rings. The molecule has 0 unspecified atom stereocenters. The van der Waals surface area contributed by atoms with Gasteiger partial charge in [-0.15, -0.1) is 0 Å². The molecule has 2 aromatic rings. The predicted molar refractivity (Wildman–Crippen MR) is 115 cm³/mol. The Morgan fingerprint density at radius 2 is 2.10 bits per heavy atom. The first kappa shape index (κ1) is 21.0. The number of rotatable bonds is 6. The number of hydrogen-bond acceptors (Lipinski definition) is 6. The van der Waals surface area contributed by atoms with Crippen molar-refractivity contribution in [2.45, 2.75) is 39.8 Å². The first-order valence-corrected chi connectivity index (χ1v) is 11.0. The maximum atomic E-state index is 13.2. The van der Waals surface area contributed by atoms with Crippen molar-refractivity contribution in [3.63, 3.8) is 0 Å². The molecule has 0 saturated carbocycles. The molecule has 30 heavy (non-hydrogen) atoms. The van der Waals surface area contributed by atoms with Crippen molar-refractivity contribution in [2.24, 2.45) is 18.4 Å². The summed E-state index contributed by atoms with van der Waals surface area (Å²) in [6.45, 7) is 9.59. The molecule has 4 heterocycles. The Kier molecular flexibility index (Phi) is 6.20. The van der Waals surface area contributed by atoms with Gasteiger partial charge in [0.1, 0.15) is 0 Å². The van der Waals surface area contributed by atoms with Gasteiger partial charge in [-0.2, -0.15) is 5.10 Å². The Bertz CT molecular complexity index is 882. The van der Waals surface area contributed by atoms with Crippen LogP contribution in [0.5, 0.6) is 0 Å². The van der Waals surface area contributed by atoms with Crippen LogP contribution >= 0.6 is 0 Å². The Hall–Kier alpha value is -2.25. The molecule has 2 fully saturated rings. The highest BCUT2D eigenvalue weighted by Crippen LogP contribution is 2.44. The lowest BCUT2D eigenvalue weighted by Gasteiger charge is -2.31. The monoisotopic (exact) mass is 411 g/mol. The van der Waals surface area contributed by atoms with E-state index >= 15 is 0 Å². The quantitative estimate of drug-likeness (QED) is 0.680. The number of carbonyl (C=O) groups is 1. The molecular formula is C23H33N5O2. The van der Waals surface area contributed by atoms with Gasteiger partial charge in [-0.05, 0) is 45.4 Å². The van der Waals surface area contributed by atoms with Gasteiger partial charge < -0.3 is 4.74 Å². The number of carbonyl (C=O) groups excluding carboxylic acids is 1. The van der Waals surface area contributed by atoms with Crippen LogP contribution in [0, 0.1) is 18.3 Å². The fourth-order valence-corrected chi connectivity index (χ4v) is 5.22. The number of likely N-dealkylation sites (tertiary alicyclic amines) is 2. The predicted octanol–water partition coefficient (Wildman–Crippen LogP) is 2.40. The molecule has 4 rings (SSSR count). The minimum atomic E-state index is -0.413. The minimum Gasteiger partial charge on any atom is -0.466 e. The van der Waals surface area contributed by atoms with Gasteiger partial charge in [-0.1, -0.05) is 6.07 Å². The first-order valence-electron chi connectivity index (χ1n) is 11.0. The lowest BCUT2D eigenvalue weighted by Crippen LogP contribution is -2.42. The van der Waals surface area contributed by atoms with Crippen molar-refractivity contribution in [3.8, 4) is 0 Å². The molecule has 0 radical (unpaired) electrons. The highest BCUT2D eigenvalue weighted by molar-refractivity contribution is 5.78. The van der Waals surface area contributed by atoms with Crippen molar-refractivity contribution in [2.75, 3.05) is 32.8 Å². The standard InChI is InChI=1S/C23H33N5O2/c1-4-30-22(29)23-9-6-10-27(13-19-11-24-26(3)12-19)14-20(23)15-28(17-23)16-21-8-5-7-18(2)25-21/h5,7-8,11-12,20H,4,6,9-10,13-17H2,1-3H3/t20-,23-/m0/s1. The van der Waals surface area contributed by atoms with Gasteiger partial charge >= 0.3 is 5.97 Å². The normalized spacial score (nSPS) is 25.1. The fraction of sp³-hybridized carbons (Fsp3) is 0.609. The highest BCUT2D eigenvalue weighted by atomic mass is 16.5. The lowest BCUT2D eigenvalue weighted by molar-refractivity contribution is -0.157. The van der Waals surface area contributed by atoms with Crippen LogP contribution in [-0.2, 0) is 29.7 Å². The van der Waals surface area contributed by atoms with E-state index in [1.165, 1.54) is 5.56 Å².